The smallest absolute Gasteiger partial charge is 0.248 e. The molecule has 1 aliphatic rings. The molecule has 0 spiro atoms. The molecule has 1 saturated heterocycles. The van der Waals surface area contributed by atoms with Gasteiger partial charge in [0.2, 0.25) is 11.8 Å². The lowest BCUT2D eigenvalue weighted by Crippen LogP contribution is -2.51. The Balaban J connectivity index is 1.51. The first kappa shape index (κ1) is 17.5. The molecule has 1 aromatic carbocycles. The molecule has 134 valence electrons. The Morgan fingerprint density at radius 3 is 3.00 bits per heavy atom. The summed E-state index contributed by atoms with van der Waals surface area (Å²) in [5, 5.41) is 4.00. The molecule has 1 unspecified atom stereocenters. The maximum atomic E-state index is 12.3. The number of nitrogens with one attached hydrogen (secondary N) is 2. The van der Waals surface area contributed by atoms with Gasteiger partial charge < -0.3 is 19.9 Å². The third-order valence-corrected chi connectivity index (χ3v) is 4.36. The summed E-state index contributed by atoms with van der Waals surface area (Å²) in [5.74, 6) is 0.398. The minimum atomic E-state index is -0.150. The Morgan fingerprint density at radius 1 is 1.40 bits per heavy atom. The van der Waals surface area contributed by atoms with Crippen LogP contribution >= 0.6 is 0 Å². The molecular weight excluding hydrogens is 318 g/mol. The van der Waals surface area contributed by atoms with Crippen LogP contribution in [0.25, 0.3) is 10.9 Å². The maximum absolute atomic E-state index is 12.3. The second kappa shape index (κ2) is 7.70. The van der Waals surface area contributed by atoms with Crippen LogP contribution in [0.15, 0.2) is 30.5 Å². The van der Waals surface area contributed by atoms with Crippen molar-refractivity contribution in [2.24, 2.45) is 5.92 Å². The first-order valence-electron chi connectivity index (χ1n) is 8.74. The lowest BCUT2D eigenvalue weighted by atomic mass is 10.1. The minimum absolute atomic E-state index is 0.0232. The molecule has 0 radical (unpaired) electrons. The van der Waals surface area contributed by atoms with Crippen LogP contribution in [-0.2, 0) is 20.7 Å². The van der Waals surface area contributed by atoms with Gasteiger partial charge in [-0.2, -0.15) is 0 Å². The Kier molecular flexibility index (Phi) is 5.38. The second-order valence-electron chi connectivity index (χ2n) is 6.97. The quantitative estimate of drug-likeness (QED) is 0.838. The van der Waals surface area contributed by atoms with Gasteiger partial charge in [0, 0.05) is 36.7 Å². The molecule has 1 aromatic heterocycles. The van der Waals surface area contributed by atoms with Crippen molar-refractivity contribution in [1.29, 1.82) is 0 Å². The highest BCUT2D eigenvalue weighted by atomic mass is 16.5. The SMILES string of the molecule is CC(C)CN1CC(CNC(=O)Cc2c[nH]c3ccccc23)OCC1=O. The zero-order valence-corrected chi connectivity index (χ0v) is 14.7. The van der Waals surface area contributed by atoms with Crippen LogP contribution in [-0.4, -0.2) is 54.0 Å². The van der Waals surface area contributed by atoms with Crippen molar-refractivity contribution in [3.05, 3.63) is 36.0 Å². The Labute approximate surface area is 147 Å². The van der Waals surface area contributed by atoms with Crippen molar-refractivity contribution < 1.29 is 14.3 Å². The molecule has 6 heteroatoms. The van der Waals surface area contributed by atoms with Crippen LogP contribution in [0, 0.1) is 5.92 Å². The summed E-state index contributed by atoms with van der Waals surface area (Å²) >= 11 is 0. The van der Waals surface area contributed by atoms with Gasteiger partial charge in [0.05, 0.1) is 12.5 Å². The van der Waals surface area contributed by atoms with Gasteiger partial charge in [0.25, 0.3) is 0 Å². The summed E-state index contributed by atoms with van der Waals surface area (Å²) in [5.41, 5.74) is 2.01. The number of nitrogens with zero attached hydrogens (tertiary/aromatic N) is 1. The number of H-pyrrole nitrogens is 1. The number of hydrogen-bond acceptors (Lipinski definition) is 3. The van der Waals surface area contributed by atoms with E-state index < -0.39 is 0 Å². The Morgan fingerprint density at radius 2 is 2.20 bits per heavy atom. The highest BCUT2D eigenvalue weighted by Crippen LogP contribution is 2.18. The van der Waals surface area contributed by atoms with E-state index in [0.29, 0.717) is 25.4 Å². The largest absolute Gasteiger partial charge is 0.365 e. The molecule has 2 heterocycles. The fourth-order valence-corrected chi connectivity index (χ4v) is 3.16. The van der Waals surface area contributed by atoms with Gasteiger partial charge in [-0.1, -0.05) is 32.0 Å². The fourth-order valence-electron chi connectivity index (χ4n) is 3.16. The van der Waals surface area contributed by atoms with Gasteiger partial charge in [0.1, 0.15) is 6.61 Å². The lowest BCUT2D eigenvalue weighted by molar-refractivity contribution is -0.149. The van der Waals surface area contributed by atoms with Crippen LogP contribution in [0.1, 0.15) is 19.4 Å². The fraction of sp³-hybridized carbons (Fsp3) is 0.474. The number of amides is 2. The van der Waals surface area contributed by atoms with Crippen LogP contribution < -0.4 is 5.32 Å². The number of rotatable bonds is 6. The van der Waals surface area contributed by atoms with Crippen molar-refractivity contribution in [1.82, 2.24) is 15.2 Å². The normalized spacial score (nSPS) is 18.1. The highest BCUT2D eigenvalue weighted by molar-refractivity contribution is 5.88. The highest BCUT2D eigenvalue weighted by Gasteiger charge is 2.26. The maximum Gasteiger partial charge on any atom is 0.248 e. The van der Waals surface area contributed by atoms with E-state index in [1.165, 1.54) is 0 Å². The number of aromatic nitrogens is 1. The molecule has 0 saturated carbocycles. The predicted octanol–water partition coefficient (Wildman–Crippen LogP) is 1.71. The van der Waals surface area contributed by atoms with E-state index in [1.807, 2.05) is 35.4 Å². The summed E-state index contributed by atoms with van der Waals surface area (Å²) in [7, 11) is 0. The number of ether oxygens (including phenoxy) is 1. The van der Waals surface area contributed by atoms with Crippen molar-refractivity contribution in [3.8, 4) is 0 Å². The number of benzene rings is 1. The first-order chi connectivity index (χ1) is 12.0. The molecule has 1 fully saturated rings. The van der Waals surface area contributed by atoms with Gasteiger partial charge in [-0.05, 0) is 17.5 Å². The molecule has 1 aliphatic heterocycles. The van der Waals surface area contributed by atoms with Crippen LogP contribution in [0.3, 0.4) is 0 Å². The van der Waals surface area contributed by atoms with Crippen molar-refractivity contribution >= 4 is 22.7 Å². The lowest BCUT2D eigenvalue weighted by Gasteiger charge is -2.33. The zero-order chi connectivity index (χ0) is 17.8. The van der Waals surface area contributed by atoms with E-state index in [0.717, 1.165) is 23.0 Å². The third kappa shape index (κ3) is 4.39. The van der Waals surface area contributed by atoms with Gasteiger partial charge in [-0.15, -0.1) is 0 Å². The number of carbonyl (C=O) groups is 2. The first-order valence-corrected chi connectivity index (χ1v) is 8.74. The Hall–Kier alpha value is -2.34. The summed E-state index contributed by atoms with van der Waals surface area (Å²) in [6.45, 7) is 5.94. The summed E-state index contributed by atoms with van der Waals surface area (Å²) in [6.07, 6.45) is 2.05. The topological polar surface area (TPSA) is 74.4 Å². The molecular formula is C19H25N3O3. The van der Waals surface area contributed by atoms with E-state index in [-0.39, 0.29) is 24.5 Å². The monoisotopic (exact) mass is 343 g/mol. The van der Waals surface area contributed by atoms with E-state index >= 15 is 0 Å². The number of aromatic amines is 1. The number of hydrogen-bond donors (Lipinski definition) is 2. The molecule has 1 atom stereocenters. The van der Waals surface area contributed by atoms with Crippen LogP contribution in [0.2, 0.25) is 0 Å². The predicted molar refractivity (Wildman–Crippen MR) is 96.2 cm³/mol. The molecule has 3 rings (SSSR count). The van der Waals surface area contributed by atoms with E-state index in [4.69, 9.17) is 4.74 Å². The van der Waals surface area contributed by atoms with Gasteiger partial charge in [-0.25, -0.2) is 0 Å². The number of para-hydroxylation sites is 1. The standard InChI is InChI=1S/C19H25N3O3/c1-13(2)10-22-11-15(25-12-19(22)24)9-21-18(23)7-14-8-20-17-6-4-3-5-16(14)17/h3-6,8,13,15,20H,7,9-12H2,1-2H3,(H,21,23). The Bertz CT molecular complexity index is 753. The summed E-state index contributed by atoms with van der Waals surface area (Å²) in [6, 6.07) is 7.93. The van der Waals surface area contributed by atoms with E-state index in [1.54, 1.807) is 0 Å². The van der Waals surface area contributed by atoms with Crippen molar-refractivity contribution in [3.63, 3.8) is 0 Å². The van der Waals surface area contributed by atoms with Crippen molar-refractivity contribution in [2.75, 3.05) is 26.2 Å². The van der Waals surface area contributed by atoms with Crippen LogP contribution in [0.4, 0.5) is 0 Å². The van der Waals surface area contributed by atoms with E-state index in [9.17, 15) is 9.59 Å². The van der Waals surface area contributed by atoms with Crippen molar-refractivity contribution in [2.45, 2.75) is 26.4 Å². The third-order valence-electron chi connectivity index (χ3n) is 4.36. The zero-order valence-electron chi connectivity index (χ0n) is 14.7. The summed E-state index contributed by atoms with van der Waals surface area (Å²) in [4.78, 5) is 29.1. The van der Waals surface area contributed by atoms with E-state index in [2.05, 4.69) is 24.1 Å². The number of fused-ring (bicyclic) bond motifs is 1. The molecule has 2 N–H and O–H groups in total. The minimum Gasteiger partial charge on any atom is -0.365 e. The van der Waals surface area contributed by atoms with Crippen LogP contribution in [0.5, 0.6) is 0 Å². The van der Waals surface area contributed by atoms with Gasteiger partial charge in [0.15, 0.2) is 0 Å². The second-order valence-corrected chi connectivity index (χ2v) is 6.97. The number of carbonyl (C=O) groups excluding carboxylic acids is 2. The van der Waals surface area contributed by atoms with Gasteiger partial charge in [-0.3, -0.25) is 9.59 Å². The summed E-state index contributed by atoms with van der Waals surface area (Å²) < 4.78 is 5.55. The number of morpholine rings is 1. The average Bonchev–Trinajstić information content (AvgIpc) is 2.98. The molecule has 0 aliphatic carbocycles. The molecule has 25 heavy (non-hydrogen) atoms. The molecule has 2 aromatic rings. The average molecular weight is 343 g/mol. The molecule has 2 amide bonds. The molecule has 6 nitrogen and oxygen atoms in total. The van der Waals surface area contributed by atoms with Gasteiger partial charge >= 0.3 is 0 Å². The molecule has 0 bridgehead atoms.